The van der Waals surface area contributed by atoms with E-state index in [9.17, 15) is 0 Å². The summed E-state index contributed by atoms with van der Waals surface area (Å²) in [6, 6.07) is 21.5. The van der Waals surface area contributed by atoms with Crippen molar-refractivity contribution in [1.82, 2.24) is 0 Å². The Balaban J connectivity index is 1.98. The van der Waals surface area contributed by atoms with Gasteiger partial charge in [-0.2, -0.15) is 0 Å². The molecule has 0 spiro atoms. The third-order valence-electron chi connectivity index (χ3n) is 4.54. The van der Waals surface area contributed by atoms with Gasteiger partial charge in [0.05, 0.1) is 0 Å². The van der Waals surface area contributed by atoms with Gasteiger partial charge in [-0.15, -0.1) is 0 Å². The molecule has 0 unspecified atom stereocenters. The van der Waals surface area contributed by atoms with Gasteiger partial charge >= 0.3 is 0 Å². The molecule has 0 N–H and O–H groups in total. The monoisotopic (exact) mass is 326 g/mol. The van der Waals surface area contributed by atoms with Crippen LogP contribution in [0.3, 0.4) is 0 Å². The van der Waals surface area contributed by atoms with Crippen LogP contribution >= 0.6 is 0 Å². The molecule has 23 heavy (non-hydrogen) atoms. The Hall–Kier alpha value is -1.38. The lowest BCUT2D eigenvalue weighted by atomic mass is 10.1. The molecule has 1 nitrogen and oxygen atoms in total. The Labute approximate surface area is 142 Å². The third-order valence-corrected chi connectivity index (χ3v) is 8.19. The molecule has 2 aromatic rings. The van der Waals surface area contributed by atoms with Crippen molar-refractivity contribution in [2.75, 3.05) is 6.61 Å². The maximum absolute atomic E-state index is 6.55. The summed E-state index contributed by atoms with van der Waals surface area (Å²) in [6.07, 6.45) is 7.83. The van der Waals surface area contributed by atoms with Crippen LogP contribution in [0, 0.1) is 0 Å². The minimum absolute atomic E-state index is 0.874. The quantitative estimate of drug-likeness (QED) is 0.452. The van der Waals surface area contributed by atoms with Crippen LogP contribution in [-0.4, -0.2) is 14.9 Å². The smallest absolute Gasteiger partial charge is 0.252 e. The molecule has 0 atom stereocenters. The van der Waals surface area contributed by atoms with Gasteiger partial charge in [0.1, 0.15) is 0 Å². The molecule has 0 saturated heterocycles. The molecule has 2 rings (SSSR count). The van der Waals surface area contributed by atoms with Gasteiger partial charge in [-0.3, -0.25) is 0 Å². The molecule has 0 aromatic heterocycles. The second kappa shape index (κ2) is 9.69. The fraction of sp³-hybridized carbons (Fsp3) is 0.429. The van der Waals surface area contributed by atoms with E-state index in [1.165, 1.54) is 48.9 Å². The SMILES string of the molecule is CCCCCCCCO[Si](C)(c1ccccc1)c1ccccc1. The van der Waals surface area contributed by atoms with Crippen LogP contribution in [0.15, 0.2) is 60.7 Å². The predicted molar refractivity (Wildman–Crippen MR) is 103 cm³/mol. The topological polar surface area (TPSA) is 9.23 Å². The second-order valence-electron chi connectivity index (χ2n) is 6.38. The van der Waals surface area contributed by atoms with Gasteiger partial charge in [0.15, 0.2) is 0 Å². The first kappa shape index (κ1) is 18.0. The van der Waals surface area contributed by atoms with E-state index in [0.717, 1.165) is 6.61 Å². The summed E-state index contributed by atoms with van der Waals surface area (Å²) in [5.41, 5.74) is 0. The van der Waals surface area contributed by atoms with Crippen molar-refractivity contribution >= 4 is 18.7 Å². The highest BCUT2D eigenvalue weighted by atomic mass is 28.4. The van der Waals surface area contributed by atoms with Crippen LogP contribution in [0.2, 0.25) is 6.55 Å². The zero-order chi connectivity index (χ0) is 16.4. The Kier molecular flexibility index (Phi) is 7.57. The molecule has 0 aliphatic heterocycles. The van der Waals surface area contributed by atoms with Gasteiger partial charge in [0.25, 0.3) is 8.32 Å². The normalized spacial score (nSPS) is 11.6. The Morgan fingerprint density at radius 3 is 1.70 bits per heavy atom. The standard InChI is InChI=1S/C21H30OSi/c1-3-4-5-6-7-14-19-22-23(2,20-15-10-8-11-16-20)21-17-12-9-13-18-21/h8-13,15-18H,3-7,14,19H2,1-2H3. The summed E-state index contributed by atoms with van der Waals surface area (Å²) in [5, 5.41) is 2.72. The summed E-state index contributed by atoms with van der Waals surface area (Å²) >= 11 is 0. The third kappa shape index (κ3) is 5.33. The second-order valence-corrected chi connectivity index (χ2v) is 9.89. The highest BCUT2D eigenvalue weighted by molar-refractivity contribution is 6.96. The van der Waals surface area contributed by atoms with Gasteiger partial charge in [-0.1, -0.05) is 99.7 Å². The van der Waals surface area contributed by atoms with Crippen LogP contribution < -0.4 is 10.4 Å². The van der Waals surface area contributed by atoms with Crippen LogP contribution in [-0.2, 0) is 4.43 Å². The number of benzene rings is 2. The van der Waals surface area contributed by atoms with E-state index in [1.54, 1.807) is 0 Å². The Bertz CT molecular complexity index is 499. The molecular formula is C21H30OSi. The molecule has 2 heteroatoms. The van der Waals surface area contributed by atoms with Crippen molar-refractivity contribution in [3.8, 4) is 0 Å². The summed E-state index contributed by atoms with van der Waals surface area (Å²) in [7, 11) is -2.08. The minimum Gasteiger partial charge on any atom is -0.408 e. The van der Waals surface area contributed by atoms with E-state index in [2.05, 4.69) is 74.1 Å². The molecule has 0 amide bonds. The van der Waals surface area contributed by atoms with Crippen molar-refractivity contribution in [2.24, 2.45) is 0 Å². The Morgan fingerprint density at radius 2 is 1.17 bits per heavy atom. The molecule has 0 radical (unpaired) electrons. The van der Waals surface area contributed by atoms with Crippen LogP contribution in [0.1, 0.15) is 45.4 Å². The maximum atomic E-state index is 6.55. The lowest BCUT2D eigenvalue weighted by Crippen LogP contribution is -2.58. The molecular weight excluding hydrogens is 296 g/mol. The van der Waals surface area contributed by atoms with Crippen molar-refractivity contribution in [3.63, 3.8) is 0 Å². The van der Waals surface area contributed by atoms with E-state index < -0.39 is 8.32 Å². The fourth-order valence-electron chi connectivity index (χ4n) is 3.00. The lowest BCUT2D eigenvalue weighted by molar-refractivity contribution is 0.306. The van der Waals surface area contributed by atoms with E-state index in [-0.39, 0.29) is 0 Å². The van der Waals surface area contributed by atoms with Crippen LogP contribution in [0.25, 0.3) is 0 Å². The van der Waals surface area contributed by atoms with Gasteiger partial charge in [-0.25, -0.2) is 0 Å². The van der Waals surface area contributed by atoms with Crippen LogP contribution in [0.5, 0.6) is 0 Å². The minimum atomic E-state index is -2.08. The van der Waals surface area contributed by atoms with Crippen molar-refractivity contribution in [1.29, 1.82) is 0 Å². The number of hydrogen-bond donors (Lipinski definition) is 0. The lowest BCUT2D eigenvalue weighted by Gasteiger charge is -2.28. The molecule has 0 heterocycles. The van der Waals surface area contributed by atoms with E-state index in [1.807, 2.05) is 0 Å². The molecule has 0 saturated carbocycles. The average Bonchev–Trinajstić information content (AvgIpc) is 2.62. The number of unbranched alkanes of at least 4 members (excludes halogenated alkanes) is 5. The maximum Gasteiger partial charge on any atom is 0.252 e. The predicted octanol–water partition coefficient (Wildman–Crippen LogP) is 4.75. The highest BCUT2D eigenvalue weighted by Gasteiger charge is 2.33. The van der Waals surface area contributed by atoms with Gasteiger partial charge < -0.3 is 4.43 Å². The van der Waals surface area contributed by atoms with Gasteiger partial charge in [0.2, 0.25) is 0 Å². The molecule has 124 valence electrons. The first-order valence-corrected chi connectivity index (χ1v) is 11.4. The first-order chi connectivity index (χ1) is 11.3. The summed E-state index contributed by atoms with van der Waals surface area (Å²) in [4.78, 5) is 0. The number of hydrogen-bond acceptors (Lipinski definition) is 1. The highest BCUT2D eigenvalue weighted by Crippen LogP contribution is 2.10. The molecule has 0 aliphatic rings. The molecule has 0 aliphatic carbocycles. The molecule has 0 bridgehead atoms. The van der Waals surface area contributed by atoms with Crippen molar-refractivity contribution < 1.29 is 4.43 Å². The zero-order valence-corrected chi connectivity index (χ0v) is 15.6. The fourth-order valence-corrected chi connectivity index (χ4v) is 5.88. The van der Waals surface area contributed by atoms with Crippen molar-refractivity contribution in [2.45, 2.75) is 52.0 Å². The van der Waals surface area contributed by atoms with E-state index >= 15 is 0 Å². The van der Waals surface area contributed by atoms with Gasteiger partial charge in [0, 0.05) is 6.61 Å². The largest absolute Gasteiger partial charge is 0.408 e. The molecule has 2 aromatic carbocycles. The van der Waals surface area contributed by atoms with Crippen molar-refractivity contribution in [3.05, 3.63) is 60.7 Å². The summed E-state index contributed by atoms with van der Waals surface area (Å²) in [5.74, 6) is 0. The number of rotatable bonds is 10. The average molecular weight is 327 g/mol. The zero-order valence-electron chi connectivity index (χ0n) is 14.6. The van der Waals surface area contributed by atoms with Gasteiger partial charge in [-0.05, 0) is 23.3 Å². The van der Waals surface area contributed by atoms with E-state index in [0.29, 0.717) is 0 Å². The van der Waals surface area contributed by atoms with Crippen LogP contribution in [0.4, 0.5) is 0 Å². The summed E-state index contributed by atoms with van der Waals surface area (Å²) in [6.45, 7) is 5.47. The Morgan fingerprint density at radius 1 is 0.696 bits per heavy atom. The molecule has 0 fully saturated rings. The van der Waals surface area contributed by atoms with E-state index in [4.69, 9.17) is 4.43 Å². The summed E-state index contributed by atoms with van der Waals surface area (Å²) < 4.78 is 6.55. The first-order valence-electron chi connectivity index (χ1n) is 9.02.